The number of hydrogen-bond acceptors (Lipinski definition) is 2. The molecular weight excluding hydrogens is 330 g/mol. The van der Waals surface area contributed by atoms with Crippen molar-refractivity contribution in [2.75, 3.05) is 7.05 Å². The number of thiophene rings is 1. The fourth-order valence-electron chi connectivity index (χ4n) is 2.52. The zero-order valence-electron chi connectivity index (χ0n) is 11.3. The van der Waals surface area contributed by atoms with Gasteiger partial charge >= 0.3 is 0 Å². The summed E-state index contributed by atoms with van der Waals surface area (Å²) in [5.74, 6) is 0. The predicted molar refractivity (Wildman–Crippen MR) is 91.5 cm³/mol. The number of halogens is 1. The summed E-state index contributed by atoms with van der Waals surface area (Å²) in [5, 5.41) is 7.10. The predicted octanol–water partition coefficient (Wildman–Crippen LogP) is 5.17. The number of likely N-dealkylation sites (N-methyl/N-ethyl adjacent to an activating group) is 1. The highest BCUT2D eigenvalue weighted by molar-refractivity contribution is 9.10. The normalized spacial score (nSPS) is 12.7. The van der Waals surface area contributed by atoms with Crippen molar-refractivity contribution < 1.29 is 0 Å². The molecule has 3 heteroatoms. The van der Waals surface area contributed by atoms with Crippen LogP contribution in [0.1, 0.15) is 17.2 Å². The van der Waals surface area contributed by atoms with Gasteiger partial charge in [-0.05, 0) is 47.5 Å². The zero-order chi connectivity index (χ0) is 13.9. The maximum absolute atomic E-state index is 3.64. The molecule has 1 aromatic heterocycles. The van der Waals surface area contributed by atoms with Gasteiger partial charge in [0, 0.05) is 15.2 Å². The summed E-state index contributed by atoms with van der Waals surface area (Å²) < 4.78 is 2.54. The Morgan fingerprint density at radius 1 is 1.10 bits per heavy atom. The Bertz CT molecular complexity index is 720. The van der Waals surface area contributed by atoms with E-state index in [1.165, 1.54) is 25.7 Å². The van der Waals surface area contributed by atoms with Crippen molar-refractivity contribution in [3.05, 3.63) is 69.5 Å². The summed E-state index contributed by atoms with van der Waals surface area (Å²) in [6, 6.07) is 17.4. The van der Waals surface area contributed by atoms with E-state index in [2.05, 4.69) is 75.2 Å². The lowest BCUT2D eigenvalue weighted by molar-refractivity contribution is 0.596. The molecule has 0 saturated carbocycles. The fourth-order valence-corrected chi connectivity index (χ4v) is 3.98. The molecule has 1 atom stereocenters. The first kappa shape index (κ1) is 13.8. The highest BCUT2D eigenvalue weighted by atomic mass is 79.9. The van der Waals surface area contributed by atoms with E-state index >= 15 is 0 Å². The highest BCUT2D eigenvalue weighted by Gasteiger charge is 2.15. The minimum atomic E-state index is 0.338. The smallest absolute Gasteiger partial charge is 0.0373 e. The van der Waals surface area contributed by atoms with Crippen LogP contribution in [-0.4, -0.2) is 7.05 Å². The molecule has 1 N–H and O–H groups in total. The van der Waals surface area contributed by atoms with Gasteiger partial charge in [0.05, 0.1) is 0 Å². The lowest BCUT2D eigenvalue weighted by atomic mass is 9.98. The lowest BCUT2D eigenvalue weighted by Crippen LogP contribution is -2.18. The van der Waals surface area contributed by atoms with Crippen LogP contribution >= 0.6 is 27.3 Å². The fraction of sp³-hybridized carbons (Fsp3) is 0.176. The van der Waals surface area contributed by atoms with Gasteiger partial charge in [-0.25, -0.2) is 0 Å². The van der Waals surface area contributed by atoms with Crippen LogP contribution in [0.3, 0.4) is 0 Å². The summed E-state index contributed by atoms with van der Waals surface area (Å²) in [4.78, 5) is 0. The standard InChI is InChI=1S/C17H16BrNS/c1-19-16(10-12-6-2-4-8-15(12)18)14-11-20-17-9-5-3-7-13(14)17/h2-9,11,16,19H,10H2,1H3. The van der Waals surface area contributed by atoms with E-state index < -0.39 is 0 Å². The molecule has 0 saturated heterocycles. The Morgan fingerprint density at radius 2 is 1.85 bits per heavy atom. The van der Waals surface area contributed by atoms with E-state index in [0.717, 1.165) is 6.42 Å². The summed E-state index contributed by atoms with van der Waals surface area (Å²) >= 11 is 5.46. The molecule has 0 radical (unpaired) electrons. The number of nitrogens with one attached hydrogen (secondary N) is 1. The Kier molecular flexibility index (Phi) is 4.20. The number of hydrogen-bond donors (Lipinski definition) is 1. The van der Waals surface area contributed by atoms with Crippen LogP contribution in [0, 0.1) is 0 Å². The van der Waals surface area contributed by atoms with Crippen molar-refractivity contribution in [3.8, 4) is 0 Å². The molecule has 1 heterocycles. The third kappa shape index (κ3) is 2.66. The van der Waals surface area contributed by atoms with Gasteiger partial charge in [0.2, 0.25) is 0 Å². The van der Waals surface area contributed by atoms with Crippen LogP contribution in [-0.2, 0) is 6.42 Å². The van der Waals surface area contributed by atoms with Gasteiger partial charge in [0.25, 0.3) is 0 Å². The van der Waals surface area contributed by atoms with E-state index in [9.17, 15) is 0 Å². The second-order valence-electron chi connectivity index (χ2n) is 4.82. The first-order valence-electron chi connectivity index (χ1n) is 6.66. The van der Waals surface area contributed by atoms with Crippen molar-refractivity contribution in [1.29, 1.82) is 0 Å². The monoisotopic (exact) mass is 345 g/mol. The van der Waals surface area contributed by atoms with Crippen LogP contribution in [0.2, 0.25) is 0 Å². The molecule has 1 unspecified atom stereocenters. The zero-order valence-corrected chi connectivity index (χ0v) is 13.7. The topological polar surface area (TPSA) is 12.0 Å². The van der Waals surface area contributed by atoms with Crippen LogP contribution in [0.25, 0.3) is 10.1 Å². The van der Waals surface area contributed by atoms with Gasteiger partial charge in [0.1, 0.15) is 0 Å². The van der Waals surface area contributed by atoms with Crippen molar-refractivity contribution in [2.45, 2.75) is 12.5 Å². The highest BCUT2D eigenvalue weighted by Crippen LogP contribution is 2.32. The van der Waals surface area contributed by atoms with Crippen LogP contribution in [0.4, 0.5) is 0 Å². The van der Waals surface area contributed by atoms with Crippen molar-refractivity contribution in [2.24, 2.45) is 0 Å². The van der Waals surface area contributed by atoms with Crippen molar-refractivity contribution in [3.63, 3.8) is 0 Å². The minimum absolute atomic E-state index is 0.338. The van der Waals surface area contributed by atoms with Gasteiger partial charge in [-0.15, -0.1) is 11.3 Å². The lowest BCUT2D eigenvalue weighted by Gasteiger charge is -2.17. The minimum Gasteiger partial charge on any atom is -0.313 e. The van der Waals surface area contributed by atoms with E-state index in [1.54, 1.807) is 0 Å². The van der Waals surface area contributed by atoms with Crippen LogP contribution in [0.5, 0.6) is 0 Å². The SMILES string of the molecule is CNC(Cc1ccccc1Br)c1csc2ccccc12. The number of benzene rings is 2. The largest absolute Gasteiger partial charge is 0.313 e. The van der Waals surface area contributed by atoms with Gasteiger partial charge < -0.3 is 5.32 Å². The number of rotatable bonds is 4. The average Bonchev–Trinajstić information content (AvgIpc) is 2.90. The first-order valence-corrected chi connectivity index (χ1v) is 8.33. The Hall–Kier alpha value is -1.16. The van der Waals surface area contributed by atoms with Crippen LogP contribution in [0.15, 0.2) is 58.4 Å². The molecule has 0 aliphatic heterocycles. The van der Waals surface area contributed by atoms with E-state index in [1.807, 2.05) is 18.4 Å². The second-order valence-corrected chi connectivity index (χ2v) is 6.59. The Morgan fingerprint density at radius 3 is 2.65 bits per heavy atom. The first-order chi connectivity index (χ1) is 9.79. The molecule has 20 heavy (non-hydrogen) atoms. The van der Waals surface area contributed by atoms with Gasteiger partial charge in [0.15, 0.2) is 0 Å². The molecule has 2 aromatic carbocycles. The number of fused-ring (bicyclic) bond motifs is 1. The summed E-state index contributed by atoms with van der Waals surface area (Å²) in [5.41, 5.74) is 2.73. The third-order valence-corrected chi connectivity index (χ3v) is 5.37. The molecule has 0 spiro atoms. The molecule has 0 amide bonds. The van der Waals surface area contributed by atoms with Gasteiger partial charge in [-0.3, -0.25) is 0 Å². The Balaban J connectivity index is 1.96. The molecule has 0 fully saturated rings. The van der Waals surface area contributed by atoms with Gasteiger partial charge in [-0.2, -0.15) is 0 Å². The van der Waals surface area contributed by atoms with Crippen molar-refractivity contribution in [1.82, 2.24) is 5.32 Å². The quantitative estimate of drug-likeness (QED) is 0.687. The average molecular weight is 346 g/mol. The summed E-state index contributed by atoms with van der Waals surface area (Å²) in [6.07, 6.45) is 0.985. The maximum Gasteiger partial charge on any atom is 0.0373 e. The van der Waals surface area contributed by atoms with Crippen molar-refractivity contribution >= 4 is 37.4 Å². The van der Waals surface area contributed by atoms with Crippen LogP contribution < -0.4 is 5.32 Å². The molecule has 3 rings (SSSR count). The molecule has 1 nitrogen and oxygen atoms in total. The molecule has 0 aliphatic rings. The molecule has 102 valence electrons. The molecule has 3 aromatic rings. The van der Waals surface area contributed by atoms with Gasteiger partial charge in [-0.1, -0.05) is 52.3 Å². The third-order valence-electron chi connectivity index (χ3n) is 3.62. The molecular formula is C17H16BrNS. The van der Waals surface area contributed by atoms with E-state index in [4.69, 9.17) is 0 Å². The second kappa shape index (κ2) is 6.08. The van der Waals surface area contributed by atoms with E-state index in [0.29, 0.717) is 6.04 Å². The Labute approximate surface area is 131 Å². The van der Waals surface area contributed by atoms with E-state index in [-0.39, 0.29) is 0 Å². The summed E-state index contributed by atoms with van der Waals surface area (Å²) in [6.45, 7) is 0. The summed E-state index contributed by atoms with van der Waals surface area (Å²) in [7, 11) is 2.04. The molecule has 0 aliphatic carbocycles. The maximum atomic E-state index is 3.64. The molecule has 0 bridgehead atoms.